The number of benzene rings is 3. The average Bonchev–Trinajstić information content (AvgIpc) is 2.56. The maximum atomic E-state index is 12.9. The zero-order chi connectivity index (χ0) is 18.0. The van der Waals surface area contributed by atoms with Crippen molar-refractivity contribution in [3.63, 3.8) is 0 Å². The van der Waals surface area contributed by atoms with Gasteiger partial charge in [-0.1, -0.05) is 42.5 Å². The number of amides is 1. The Bertz CT molecular complexity index is 1060. The third-order valence-electron chi connectivity index (χ3n) is 3.87. The summed E-state index contributed by atoms with van der Waals surface area (Å²) in [5.41, 5.74) is 1.96. The third-order valence-corrected chi connectivity index (χ3v) is 5.30. The highest BCUT2D eigenvalue weighted by atomic mass is 32.2. The Morgan fingerprint density at radius 3 is 2.20 bits per heavy atom. The van der Waals surface area contributed by atoms with Crippen LogP contribution in [-0.4, -0.2) is 14.3 Å². The van der Waals surface area contributed by atoms with Gasteiger partial charge < -0.3 is 5.32 Å². The molecule has 0 aliphatic rings. The summed E-state index contributed by atoms with van der Waals surface area (Å²) in [5.74, 6) is -0.209. The van der Waals surface area contributed by atoms with Crippen molar-refractivity contribution in [3.05, 3.63) is 66.2 Å². The van der Waals surface area contributed by atoms with Crippen LogP contribution in [0.15, 0.2) is 65.6 Å². The zero-order valence-corrected chi connectivity index (χ0v) is 14.7. The molecule has 0 atom stereocenters. The quantitative estimate of drug-likeness (QED) is 0.746. The van der Waals surface area contributed by atoms with Gasteiger partial charge in [0.15, 0.2) is 0 Å². The van der Waals surface area contributed by atoms with Gasteiger partial charge in [-0.05, 0) is 30.7 Å². The van der Waals surface area contributed by atoms with E-state index in [1.165, 1.54) is 6.92 Å². The first kappa shape index (κ1) is 17.0. The molecule has 0 aliphatic carbocycles. The van der Waals surface area contributed by atoms with Crippen LogP contribution in [0.5, 0.6) is 0 Å². The average molecular weight is 354 g/mol. The Kier molecular flexibility index (Phi) is 4.46. The smallest absolute Gasteiger partial charge is 0.262 e. The predicted octanol–water partition coefficient (Wildman–Crippen LogP) is 3.91. The van der Waals surface area contributed by atoms with E-state index in [1.54, 1.807) is 48.5 Å². The molecule has 0 heterocycles. The van der Waals surface area contributed by atoms with Crippen LogP contribution in [0.1, 0.15) is 12.5 Å². The lowest BCUT2D eigenvalue weighted by atomic mass is 10.1. The maximum absolute atomic E-state index is 12.9. The number of aryl methyl sites for hydroxylation is 1. The number of anilines is 2. The van der Waals surface area contributed by atoms with Crippen molar-refractivity contribution >= 4 is 38.1 Å². The van der Waals surface area contributed by atoms with Gasteiger partial charge in [0.2, 0.25) is 5.91 Å². The van der Waals surface area contributed by atoms with E-state index >= 15 is 0 Å². The molecular formula is C19H18N2O3S. The molecule has 0 fully saturated rings. The number of nitrogens with one attached hydrogen (secondary N) is 2. The molecule has 0 aliphatic heterocycles. The fourth-order valence-corrected chi connectivity index (χ4v) is 4.06. The van der Waals surface area contributed by atoms with Crippen LogP contribution in [0.3, 0.4) is 0 Å². The normalized spacial score (nSPS) is 11.3. The maximum Gasteiger partial charge on any atom is 0.262 e. The Hall–Kier alpha value is -2.86. The second-order valence-electron chi connectivity index (χ2n) is 5.76. The largest absolute Gasteiger partial charge is 0.326 e. The highest BCUT2D eigenvalue weighted by molar-refractivity contribution is 7.93. The molecule has 6 heteroatoms. The molecule has 128 valence electrons. The summed E-state index contributed by atoms with van der Waals surface area (Å²) in [7, 11) is -3.77. The van der Waals surface area contributed by atoms with Crippen LogP contribution in [0.25, 0.3) is 10.8 Å². The topological polar surface area (TPSA) is 75.3 Å². The fourth-order valence-electron chi connectivity index (χ4n) is 2.70. The van der Waals surface area contributed by atoms with Crippen molar-refractivity contribution in [2.24, 2.45) is 0 Å². The van der Waals surface area contributed by atoms with E-state index in [0.29, 0.717) is 22.1 Å². The number of fused-ring (bicyclic) bond motifs is 1. The van der Waals surface area contributed by atoms with Crippen LogP contribution in [0, 0.1) is 6.92 Å². The summed E-state index contributed by atoms with van der Waals surface area (Å²) >= 11 is 0. The van der Waals surface area contributed by atoms with Crippen LogP contribution in [0.2, 0.25) is 0 Å². The SMILES string of the molecule is CC(=O)Nc1cccc2c(S(=O)(=O)Nc3ccccc3C)cccc12. The molecule has 3 aromatic rings. The second kappa shape index (κ2) is 6.57. The number of carbonyl (C=O) groups is 1. The molecule has 25 heavy (non-hydrogen) atoms. The molecule has 0 bridgehead atoms. The van der Waals surface area contributed by atoms with Crippen LogP contribution < -0.4 is 10.0 Å². The van der Waals surface area contributed by atoms with E-state index in [2.05, 4.69) is 10.0 Å². The van der Waals surface area contributed by atoms with Gasteiger partial charge in [-0.3, -0.25) is 9.52 Å². The van der Waals surface area contributed by atoms with Gasteiger partial charge in [0.05, 0.1) is 10.6 Å². The minimum Gasteiger partial charge on any atom is -0.326 e. The first-order valence-electron chi connectivity index (χ1n) is 7.76. The molecule has 0 spiro atoms. The van der Waals surface area contributed by atoms with Gasteiger partial charge >= 0.3 is 0 Å². The number of hydrogen-bond donors (Lipinski definition) is 2. The van der Waals surface area contributed by atoms with Crippen molar-refractivity contribution in [2.45, 2.75) is 18.7 Å². The molecule has 0 radical (unpaired) electrons. The highest BCUT2D eigenvalue weighted by Crippen LogP contribution is 2.30. The number of rotatable bonds is 4. The van der Waals surface area contributed by atoms with Crippen molar-refractivity contribution < 1.29 is 13.2 Å². The molecule has 5 nitrogen and oxygen atoms in total. The molecule has 1 amide bonds. The number of para-hydroxylation sites is 1. The molecule has 3 aromatic carbocycles. The summed E-state index contributed by atoms with van der Waals surface area (Å²) < 4.78 is 28.4. The number of sulfonamides is 1. The van der Waals surface area contributed by atoms with Gasteiger partial charge in [0, 0.05) is 23.4 Å². The molecule has 0 saturated heterocycles. The van der Waals surface area contributed by atoms with Crippen molar-refractivity contribution in [3.8, 4) is 0 Å². The lowest BCUT2D eigenvalue weighted by Crippen LogP contribution is -2.14. The van der Waals surface area contributed by atoms with Crippen molar-refractivity contribution in [2.75, 3.05) is 10.0 Å². The summed E-state index contributed by atoms with van der Waals surface area (Å²) in [4.78, 5) is 11.5. The van der Waals surface area contributed by atoms with Gasteiger partial charge in [0.1, 0.15) is 0 Å². The van der Waals surface area contributed by atoms with Crippen molar-refractivity contribution in [1.29, 1.82) is 0 Å². The predicted molar refractivity (Wildman–Crippen MR) is 100 cm³/mol. The molecule has 0 unspecified atom stereocenters. The Labute approximate surface area is 146 Å². The summed E-state index contributed by atoms with van der Waals surface area (Å²) in [6.45, 7) is 3.26. The van der Waals surface area contributed by atoms with Gasteiger partial charge in [-0.15, -0.1) is 0 Å². The molecule has 2 N–H and O–H groups in total. The zero-order valence-electron chi connectivity index (χ0n) is 13.9. The van der Waals surface area contributed by atoms with E-state index in [1.807, 2.05) is 19.1 Å². The Morgan fingerprint density at radius 1 is 0.840 bits per heavy atom. The minimum atomic E-state index is -3.77. The number of carbonyl (C=O) groups excluding carboxylic acids is 1. The van der Waals surface area contributed by atoms with Gasteiger partial charge in [0.25, 0.3) is 10.0 Å². The molecule has 0 saturated carbocycles. The lowest BCUT2D eigenvalue weighted by Gasteiger charge is -2.14. The summed E-state index contributed by atoms with van der Waals surface area (Å²) in [6, 6.07) is 17.4. The van der Waals surface area contributed by atoms with E-state index in [-0.39, 0.29) is 10.8 Å². The summed E-state index contributed by atoms with van der Waals surface area (Å²) in [6.07, 6.45) is 0. The fraction of sp³-hybridized carbons (Fsp3) is 0.105. The van der Waals surface area contributed by atoms with Crippen LogP contribution in [0.4, 0.5) is 11.4 Å². The van der Waals surface area contributed by atoms with Crippen LogP contribution >= 0.6 is 0 Å². The first-order valence-corrected chi connectivity index (χ1v) is 9.24. The summed E-state index contributed by atoms with van der Waals surface area (Å²) in [5, 5.41) is 3.95. The standard InChI is InChI=1S/C19H18N2O3S/c1-13-7-3-4-10-17(13)21-25(23,24)19-12-6-8-15-16(19)9-5-11-18(15)20-14(2)22/h3-12,21H,1-2H3,(H,20,22). The van der Waals surface area contributed by atoms with E-state index in [9.17, 15) is 13.2 Å². The first-order chi connectivity index (χ1) is 11.9. The highest BCUT2D eigenvalue weighted by Gasteiger charge is 2.19. The van der Waals surface area contributed by atoms with Crippen molar-refractivity contribution in [1.82, 2.24) is 0 Å². The van der Waals surface area contributed by atoms with Crippen LogP contribution in [-0.2, 0) is 14.8 Å². The van der Waals surface area contributed by atoms with E-state index < -0.39 is 10.0 Å². The Balaban J connectivity index is 2.12. The number of hydrogen-bond acceptors (Lipinski definition) is 3. The molecular weight excluding hydrogens is 336 g/mol. The lowest BCUT2D eigenvalue weighted by molar-refractivity contribution is -0.114. The van der Waals surface area contributed by atoms with Gasteiger partial charge in [-0.25, -0.2) is 8.42 Å². The van der Waals surface area contributed by atoms with E-state index in [0.717, 1.165) is 5.56 Å². The minimum absolute atomic E-state index is 0.167. The Morgan fingerprint density at radius 2 is 1.48 bits per heavy atom. The van der Waals surface area contributed by atoms with E-state index in [4.69, 9.17) is 0 Å². The molecule has 3 rings (SSSR count). The second-order valence-corrected chi connectivity index (χ2v) is 7.41. The molecule has 0 aromatic heterocycles. The van der Waals surface area contributed by atoms with Gasteiger partial charge in [-0.2, -0.15) is 0 Å². The monoisotopic (exact) mass is 354 g/mol. The third kappa shape index (κ3) is 3.49.